The fourth-order valence-electron chi connectivity index (χ4n) is 3.73. The summed E-state index contributed by atoms with van der Waals surface area (Å²) in [6.45, 7) is 1.95. The van der Waals surface area contributed by atoms with E-state index in [0.717, 1.165) is 42.3 Å². The van der Waals surface area contributed by atoms with Gasteiger partial charge in [0.25, 0.3) is 0 Å². The van der Waals surface area contributed by atoms with Crippen LogP contribution < -0.4 is 20.3 Å². The molecule has 0 saturated carbocycles. The first-order chi connectivity index (χ1) is 14.9. The van der Waals surface area contributed by atoms with Gasteiger partial charge in [-0.25, -0.2) is 4.98 Å². The molecule has 1 aliphatic heterocycles. The minimum absolute atomic E-state index is 0.441. The SMILES string of the molecule is COc1cc2c(cc1Nc1ncc(Cl)c(Nc3ccccc3N(C)C)n1)CN(C)CC2. The molecule has 0 bridgehead atoms. The van der Waals surface area contributed by atoms with E-state index in [2.05, 4.69) is 44.7 Å². The molecule has 2 N–H and O–H groups in total. The number of ether oxygens (including phenoxy) is 1. The second-order valence-corrected chi connectivity index (χ2v) is 8.27. The Kier molecular flexibility index (Phi) is 6.15. The van der Waals surface area contributed by atoms with Gasteiger partial charge in [0.05, 0.1) is 30.4 Å². The zero-order valence-corrected chi connectivity index (χ0v) is 19.0. The summed E-state index contributed by atoms with van der Waals surface area (Å²) in [6.07, 6.45) is 2.61. The first kappa shape index (κ1) is 21.2. The number of nitrogens with one attached hydrogen (secondary N) is 2. The molecule has 0 amide bonds. The summed E-state index contributed by atoms with van der Waals surface area (Å²) in [5.41, 5.74) is 5.38. The van der Waals surface area contributed by atoms with Crippen LogP contribution in [0, 0.1) is 0 Å². The monoisotopic (exact) mass is 438 g/mol. The number of hydrogen-bond donors (Lipinski definition) is 2. The van der Waals surface area contributed by atoms with E-state index in [1.807, 2.05) is 43.3 Å². The Balaban J connectivity index is 1.63. The highest BCUT2D eigenvalue weighted by molar-refractivity contribution is 6.33. The highest BCUT2D eigenvalue weighted by atomic mass is 35.5. The molecule has 0 saturated heterocycles. The number of nitrogens with zero attached hydrogens (tertiary/aromatic N) is 4. The third-order valence-corrected chi connectivity index (χ3v) is 5.63. The number of para-hydroxylation sites is 2. The summed E-state index contributed by atoms with van der Waals surface area (Å²) >= 11 is 6.39. The number of likely N-dealkylation sites (N-methyl/N-ethyl adjacent to an activating group) is 1. The van der Waals surface area contributed by atoms with Crippen molar-refractivity contribution in [3.8, 4) is 5.75 Å². The van der Waals surface area contributed by atoms with Gasteiger partial charge >= 0.3 is 0 Å². The third-order valence-electron chi connectivity index (χ3n) is 5.35. The van der Waals surface area contributed by atoms with E-state index in [4.69, 9.17) is 16.3 Å². The van der Waals surface area contributed by atoms with Gasteiger partial charge in [-0.1, -0.05) is 23.7 Å². The predicted molar refractivity (Wildman–Crippen MR) is 127 cm³/mol. The Morgan fingerprint density at radius 3 is 2.68 bits per heavy atom. The van der Waals surface area contributed by atoms with E-state index in [9.17, 15) is 0 Å². The molecular weight excluding hydrogens is 412 g/mol. The largest absolute Gasteiger partial charge is 0.495 e. The van der Waals surface area contributed by atoms with Crippen LogP contribution in [0.5, 0.6) is 5.75 Å². The van der Waals surface area contributed by atoms with Crippen molar-refractivity contribution in [1.29, 1.82) is 0 Å². The minimum Gasteiger partial charge on any atom is -0.495 e. The number of anilines is 5. The molecule has 0 fully saturated rings. The summed E-state index contributed by atoms with van der Waals surface area (Å²) in [4.78, 5) is 13.3. The Hall–Kier alpha value is -3.03. The van der Waals surface area contributed by atoms with Crippen LogP contribution in [-0.4, -0.2) is 49.7 Å². The van der Waals surface area contributed by atoms with Crippen molar-refractivity contribution < 1.29 is 4.74 Å². The summed E-state index contributed by atoms with van der Waals surface area (Å²) in [7, 11) is 7.80. The van der Waals surface area contributed by atoms with Gasteiger partial charge in [-0.2, -0.15) is 4.98 Å². The first-order valence-corrected chi connectivity index (χ1v) is 10.5. The normalized spacial score (nSPS) is 13.5. The lowest BCUT2D eigenvalue weighted by Gasteiger charge is -2.26. The van der Waals surface area contributed by atoms with Crippen molar-refractivity contribution in [2.75, 3.05) is 50.3 Å². The van der Waals surface area contributed by atoms with E-state index in [-0.39, 0.29) is 0 Å². The van der Waals surface area contributed by atoms with Crippen LogP contribution in [0.15, 0.2) is 42.6 Å². The van der Waals surface area contributed by atoms with Gasteiger partial charge in [-0.15, -0.1) is 0 Å². The lowest BCUT2D eigenvalue weighted by molar-refractivity contribution is 0.312. The maximum absolute atomic E-state index is 6.39. The van der Waals surface area contributed by atoms with E-state index >= 15 is 0 Å². The van der Waals surface area contributed by atoms with Gasteiger partial charge in [-0.05, 0) is 48.9 Å². The lowest BCUT2D eigenvalue weighted by Crippen LogP contribution is -2.26. The van der Waals surface area contributed by atoms with Crippen LogP contribution in [0.1, 0.15) is 11.1 Å². The molecule has 0 aliphatic carbocycles. The molecule has 1 aromatic heterocycles. The van der Waals surface area contributed by atoms with Crippen molar-refractivity contribution in [2.45, 2.75) is 13.0 Å². The molecule has 0 unspecified atom stereocenters. The summed E-state index contributed by atoms with van der Waals surface area (Å²) < 4.78 is 5.62. The van der Waals surface area contributed by atoms with E-state index in [1.165, 1.54) is 11.1 Å². The van der Waals surface area contributed by atoms with Gasteiger partial charge in [0.1, 0.15) is 10.8 Å². The average molecular weight is 439 g/mol. The van der Waals surface area contributed by atoms with Crippen molar-refractivity contribution in [3.63, 3.8) is 0 Å². The highest BCUT2D eigenvalue weighted by Gasteiger charge is 2.18. The number of fused-ring (bicyclic) bond motifs is 1. The van der Waals surface area contributed by atoms with Crippen LogP contribution >= 0.6 is 11.6 Å². The lowest BCUT2D eigenvalue weighted by atomic mass is 9.99. The predicted octanol–water partition coefficient (Wildman–Crippen LogP) is 4.68. The second kappa shape index (κ2) is 8.99. The first-order valence-electron chi connectivity index (χ1n) is 10.2. The average Bonchev–Trinajstić information content (AvgIpc) is 2.75. The summed E-state index contributed by atoms with van der Waals surface area (Å²) in [5.74, 6) is 1.75. The molecule has 162 valence electrons. The molecule has 1 aliphatic rings. The molecule has 2 heterocycles. The molecule has 0 atom stereocenters. The van der Waals surface area contributed by atoms with E-state index in [1.54, 1.807) is 13.3 Å². The van der Waals surface area contributed by atoms with Gasteiger partial charge in [0, 0.05) is 27.2 Å². The number of rotatable bonds is 6. The topological polar surface area (TPSA) is 65.5 Å². The Bertz CT molecular complexity index is 1090. The van der Waals surface area contributed by atoms with Crippen LogP contribution in [0.25, 0.3) is 0 Å². The Morgan fingerprint density at radius 1 is 1.10 bits per heavy atom. The fraction of sp³-hybridized carbons (Fsp3) is 0.304. The van der Waals surface area contributed by atoms with Crippen molar-refractivity contribution >= 4 is 40.4 Å². The Labute approximate surface area is 188 Å². The number of benzene rings is 2. The zero-order chi connectivity index (χ0) is 22.0. The number of methoxy groups -OCH3 is 1. The fourth-order valence-corrected chi connectivity index (χ4v) is 3.87. The van der Waals surface area contributed by atoms with E-state index < -0.39 is 0 Å². The van der Waals surface area contributed by atoms with Gasteiger partial charge in [0.15, 0.2) is 5.82 Å². The standard InChI is InChI=1S/C23H27ClN6O/c1-29(2)20-8-6-5-7-18(20)26-22-17(24)13-25-23(28-22)27-19-11-16-14-30(3)10-9-15(16)12-21(19)31-4/h5-8,11-13H,9-10,14H2,1-4H3,(H2,25,26,27,28). The van der Waals surface area contributed by atoms with E-state index in [0.29, 0.717) is 16.8 Å². The molecule has 0 radical (unpaired) electrons. The van der Waals surface area contributed by atoms with Crippen LogP contribution in [-0.2, 0) is 13.0 Å². The quantitative estimate of drug-likeness (QED) is 0.579. The zero-order valence-electron chi connectivity index (χ0n) is 18.2. The van der Waals surface area contributed by atoms with Crippen molar-refractivity contribution in [1.82, 2.24) is 14.9 Å². The maximum atomic E-state index is 6.39. The number of halogens is 1. The minimum atomic E-state index is 0.441. The second-order valence-electron chi connectivity index (χ2n) is 7.86. The molecular formula is C23H27ClN6O. The van der Waals surface area contributed by atoms with Gasteiger partial charge < -0.3 is 25.2 Å². The summed E-state index contributed by atoms with van der Waals surface area (Å²) in [5, 5.41) is 7.08. The Morgan fingerprint density at radius 2 is 1.90 bits per heavy atom. The molecule has 7 nitrogen and oxygen atoms in total. The van der Waals surface area contributed by atoms with Crippen molar-refractivity contribution in [3.05, 3.63) is 58.7 Å². The summed E-state index contributed by atoms with van der Waals surface area (Å²) in [6, 6.07) is 12.2. The number of hydrogen-bond acceptors (Lipinski definition) is 7. The molecule has 8 heteroatoms. The highest BCUT2D eigenvalue weighted by Crippen LogP contribution is 2.34. The molecule has 2 aromatic carbocycles. The molecule has 0 spiro atoms. The number of aromatic nitrogens is 2. The maximum Gasteiger partial charge on any atom is 0.229 e. The third kappa shape index (κ3) is 4.68. The molecule has 31 heavy (non-hydrogen) atoms. The molecule has 3 aromatic rings. The smallest absolute Gasteiger partial charge is 0.229 e. The van der Waals surface area contributed by atoms with Gasteiger partial charge in [-0.3, -0.25) is 0 Å². The van der Waals surface area contributed by atoms with Crippen molar-refractivity contribution in [2.24, 2.45) is 0 Å². The van der Waals surface area contributed by atoms with Crippen LogP contribution in [0.2, 0.25) is 5.02 Å². The van der Waals surface area contributed by atoms with Crippen LogP contribution in [0.4, 0.5) is 28.8 Å². The van der Waals surface area contributed by atoms with Gasteiger partial charge in [0.2, 0.25) is 5.95 Å². The van der Waals surface area contributed by atoms with Crippen LogP contribution in [0.3, 0.4) is 0 Å². The molecule has 4 rings (SSSR count).